The number of aromatic nitrogens is 2. The van der Waals surface area contributed by atoms with E-state index in [2.05, 4.69) is 10.4 Å². The van der Waals surface area contributed by atoms with E-state index in [9.17, 15) is 22.4 Å². The molecule has 31 heavy (non-hydrogen) atoms. The van der Waals surface area contributed by atoms with Crippen LogP contribution >= 0.6 is 0 Å². The molecule has 1 fully saturated rings. The summed E-state index contributed by atoms with van der Waals surface area (Å²) in [4.78, 5) is 13.0. The third-order valence-electron chi connectivity index (χ3n) is 5.37. The van der Waals surface area contributed by atoms with Crippen LogP contribution < -0.4 is 10.6 Å². The predicted octanol–water partition coefficient (Wildman–Crippen LogP) is 4.46. The second-order valence-corrected chi connectivity index (χ2v) is 7.52. The number of nitrogens with zero attached hydrogens (tertiary/aromatic N) is 2. The molecule has 1 saturated heterocycles. The summed E-state index contributed by atoms with van der Waals surface area (Å²) < 4.78 is 56.9. The molecule has 0 spiro atoms. The quantitative estimate of drug-likeness (QED) is 0.473. The fourth-order valence-electron chi connectivity index (χ4n) is 3.85. The van der Waals surface area contributed by atoms with Gasteiger partial charge in [0.15, 0.2) is 23.3 Å². The molecule has 0 bridgehead atoms. The van der Waals surface area contributed by atoms with Crippen molar-refractivity contribution in [2.75, 3.05) is 18.4 Å². The van der Waals surface area contributed by atoms with Crippen molar-refractivity contribution < 1.29 is 22.4 Å². The van der Waals surface area contributed by atoms with Crippen LogP contribution in [0.3, 0.4) is 0 Å². The van der Waals surface area contributed by atoms with E-state index in [1.807, 2.05) is 36.5 Å². The summed E-state index contributed by atoms with van der Waals surface area (Å²) in [6.45, 7) is 3.40. The molecule has 1 aliphatic rings. The van der Waals surface area contributed by atoms with Gasteiger partial charge in [0.2, 0.25) is 0 Å². The molecule has 3 aromatic rings. The van der Waals surface area contributed by atoms with E-state index in [1.165, 1.54) is 6.20 Å². The van der Waals surface area contributed by atoms with Gasteiger partial charge >= 0.3 is 0 Å². The molecule has 1 aliphatic heterocycles. The molecule has 0 atom stereocenters. The Morgan fingerprint density at radius 2 is 1.77 bits per heavy atom. The third-order valence-corrected chi connectivity index (χ3v) is 5.37. The summed E-state index contributed by atoms with van der Waals surface area (Å²) in [6, 6.07) is 7.62. The molecule has 0 saturated carbocycles. The molecule has 2 aromatic carbocycles. The Balaban J connectivity index is 1.77. The number of amides is 1. The maximum Gasteiger partial charge on any atom is 0.259 e. The van der Waals surface area contributed by atoms with Gasteiger partial charge in [-0.25, -0.2) is 22.2 Å². The van der Waals surface area contributed by atoms with Gasteiger partial charge in [0.05, 0.1) is 23.1 Å². The Morgan fingerprint density at radius 1 is 1.10 bits per heavy atom. The predicted molar refractivity (Wildman–Crippen MR) is 107 cm³/mol. The van der Waals surface area contributed by atoms with E-state index < -0.39 is 34.9 Å². The Kier molecular flexibility index (Phi) is 5.77. The van der Waals surface area contributed by atoms with Gasteiger partial charge in [-0.1, -0.05) is 12.1 Å². The first-order chi connectivity index (χ1) is 14.9. The molecule has 9 heteroatoms. The number of benzene rings is 2. The molecule has 0 radical (unpaired) electrons. The molecule has 0 unspecified atom stereocenters. The lowest BCUT2D eigenvalue weighted by atomic mass is 9.91. The minimum Gasteiger partial charge on any atom is -0.317 e. The number of halogens is 4. The normalized spacial score (nSPS) is 14.6. The second-order valence-electron chi connectivity index (χ2n) is 7.52. The molecule has 2 N–H and O–H groups in total. The number of rotatable bonds is 4. The second kappa shape index (κ2) is 8.50. The number of hydrogen-bond donors (Lipinski definition) is 2. The number of carbonyl (C=O) groups is 1. The Bertz CT molecular complexity index is 1110. The van der Waals surface area contributed by atoms with Gasteiger partial charge in [-0.15, -0.1) is 0 Å². The molecule has 5 nitrogen and oxygen atoms in total. The molecular weight excluding hydrogens is 412 g/mol. The van der Waals surface area contributed by atoms with Gasteiger partial charge in [-0.2, -0.15) is 5.10 Å². The molecule has 0 aliphatic carbocycles. The van der Waals surface area contributed by atoms with Gasteiger partial charge < -0.3 is 10.6 Å². The van der Waals surface area contributed by atoms with Crippen LogP contribution in [0.15, 0.2) is 36.5 Å². The maximum atomic E-state index is 14.1. The van der Waals surface area contributed by atoms with Crippen molar-refractivity contribution >= 4 is 11.6 Å². The topological polar surface area (TPSA) is 59.0 Å². The summed E-state index contributed by atoms with van der Waals surface area (Å²) in [5, 5.41) is 9.59. The van der Waals surface area contributed by atoms with Crippen molar-refractivity contribution in [2.45, 2.75) is 25.7 Å². The van der Waals surface area contributed by atoms with Crippen LogP contribution in [0.25, 0.3) is 5.69 Å². The minimum absolute atomic E-state index is 0.0380. The van der Waals surface area contributed by atoms with E-state index in [0.717, 1.165) is 37.2 Å². The highest BCUT2D eigenvalue weighted by molar-refractivity contribution is 6.05. The van der Waals surface area contributed by atoms with Crippen LogP contribution in [-0.2, 0) is 0 Å². The zero-order valence-corrected chi connectivity index (χ0v) is 16.7. The Morgan fingerprint density at radius 3 is 2.42 bits per heavy atom. The van der Waals surface area contributed by atoms with Crippen LogP contribution in [0.5, 0.6) is 0 Å². The van der Waals surface area contributed by atoms with E-state index >= 15 is 0 Å². The van der Waals surface area contributed by atoms with Crippen molar-refractivity contribution in [3.63, 3.8) is 0 Å². The van der Waals surface area contributed by atoms with Crippen molar-refractivity contribution in [1.29, 1.82) is 0 Å². The summed E-state index contributed by atoms with van der Waals surface area (Å²) in [5.74, 6) is -7.45. The van der Waals surface area contributed by atoms with Crippen molar-refractivity contribution in [1.82, 2.24) is 15.1 Å². The number of nitrogens with one attached hydrogen (secondary N) is 2. The van der Waals surface area contributed by atoms with E-state index in [0.29, 0.717) is 5.69 Å². The fraction of sp³-hybridized carbons (Fsp3) is 0.273. The van der Waals surface area contributed by atoms with Crippen LogP contribution in [-0.4, -0.2) is 28.8 Å². The minimum atomic E-state index is -1.67. The zero-order valence-electron chi connectivity index (χ0n) is 16.7. The Hall–Kier alpha value is -3.20. The highest BCUT2D eigenvalue weighted by Gasteiger charge is 2.29. The lowest BCUT2D eigenvalue weighted by Gasteiger charge is -2.25. The fourth-order valence-corrected chi connectivity index (χ4v) is 3.85. The number of hydrogen-bond acceptors (Lipinski definition) is 3. The van der Waals surface area contributed by atoms with Crippen molar-refractivity contribution in [3.8, 4) is 5.69 Å². The molecular formula is C22H20F4N4O. The third kappa shape index (κ3) is 4.05. The van der Waals surface area contributed by atoms with Crippen LogP contribution in [0, 0.1) is 30.2 Å². The highest BCUT2D eigenvalue weighted by Crippen LogP contribution is 2.32. The standard InChI is InChI=1S/C22H20F4N4O/c1-12-3-2-4-14(9-12)30-21(13-5-7-27-8-6-13)15(11-28-30)22(31)29-20-18(25)16(23)10-17(24)19(20)26/h2-4,9-11,13,27H,5-8H2,1H3,(H,29,31). The van der Waals surface area contributed by atoms with Gasteiger partial charge in [0.25, 0.3) is 5.91 Å². The molecule has 162 valence electrons. The molecule has 1 amide bonds. The van der Waals surface area contributed by atoms with Gasteiger partial charge in [0.1, 0.15) is 5.69 Å². The molecule has 2 heterocycles. The van der Waals surface area contributed by atoms with Crippen molar-refractivity contribution in [3.05, 3.63) is 76.6 Å². The van der Waals surface area contributed by atoms with Crippen LogP contribution in [0.1, 0.15) is 40.4 Å². The SMILES string of the molecule is Cc1cccc(-n2ncc(C(=O)Nc3c(F)c(F)cc(F)c3F)c2C2CCNCC2)c1. The largest absolute Gasteiger partial charge is 0.317 e. The smallest absolute Gasteiger partial charge is 0.259 e. The zero-order chi connectivity index (χ0) is 22.1. The van der Waals surface area contributed by atoms with Crippen molar-refractivity contribution in [2.24, 2.45) is 0 Å². The monoisotopic (exact) mass is 432 g/mol. The van der Waals surface area contributed by atoms with Gasteiger partial charge in [-0.05, 0) is 50.6 Å². The summed E-state index contributed by atoms with van der Waals surface area (Å²) in [6.07, 6.45) is 2.77. The average Bonchev–Trinajstić information content (AvgIpc) is 3.21. The van der Waals surface area contributed by atoms with E-state index in [4.69, 9.17) is 0 Å². The first kappa shape index (κ1) is 21.0. The maximum absolute atomic E-state index is 14.1. The first-order valence-corrected chi connectivity index (χ1v) is 9.87. The summed E-state index contributed by atoms with van der Waals surface area (Å²) in [5.41, 5.74) is 1.25. The molecule has 4 rings (SSSR count). The average molecular weight is 432 g/mol. The summed E-state index contributed by atoms with van der Waals surface area (Å²) in [7, 11) is 0. The molecule has 1 aromatic heterocycles. The Labute approximate surface area is 176 Å². The lowest BCUT2D eigenvalue weighted by molar-refractivity contribution is 0.102. The first-order valence-electron chi connectivity index (χ1n) is 9.87. The number of aryl methyl sites for hydroxylation is 1. The van der Waals surface area contributed by atoms with Crippen LogP contribution in [0.4, 0.5) is 23.2 Å². The van der Waals surface area contributed by atoms with Gasteiger partial charge in [0, 0.05) is 12.0 Å². The number of piperidine rings is 1. The van der Waals surface area contributed by atoms with E-state index in [1.54, 1.807) is 4.68 Å². The summed E-state index contributed by atoms with van der Waals surface area (Å²) >= 11 is 0. The van der Waals surface area contributed by atoms with Crippen LogP contribution in [0.2, 0.25) is 0 Å². The van der Waals surface area contributed by atoms with E-state index in [-0.39, 0.29) is 17.5 Å². The van der Waals surface area contributed by atoms with Gasteiger partial charge in [-0.3, -0.25) is 4.79 Å². The number of anilines is 1. The highest BCUT2D eigenvalue weighted by atomic mass is 19.2. The lowest BCUT2D eigenvalue weighted by Crippen LogP contribution is -2.29. The number of carbonyl (C=O) groups excluding carboxylic acids is 1.